The van der Waals surface area contributed by atoms with Gasteiger partial charge in [0.2, 0.25) is 0 Å². The lowest BCUT2D eigenvalue weighted by Gasteiger charge is -2.41. The Hall–Kier alpha value is -2.72. The van der Waals surface area contributed by atoms with E-state index in [-0.39, 0.29) is 24.7 Å². The van der Waals surface area contributed by atoms with E-state index in [0.717, 1.165) is 66.9 Å². The topological polar surface area (TPSA) is 66.4 Å². The number of benzene rings is 2. The van der Waals surface area contributed by atoms with Crippen LogP contribution in [0.2, 0.25) is 0 Å². The van der Waals surface area contributed by atoms with E-state index in [1.165, 1.54) is 12.8 Å². The maximum absolute atomic E-state index is 8.97. The highest BCUT2D eigenvalue weighted by atomic mass is 16.7. The molecule has 2 aromatic rings. The van der Waals surface area contributed by atoms with E-state index < -0.39 is 5.79 Å². The second kappa shape index (κ2) is 11.1. The summed E-state index contributed by atoms with van der Waals surface area (Å²) in [6, 6.07) is 14.0. The van der Waals surface area contributed by atoms with Gasteiger partial charge in [-0.2, -0.15) is 0 Å². The number of aliphatic hydroxyl groups excluding tert-OH is 1. The van der Waals surface area contributed by atoms with Crippen molar-refractivity contribution >= 4 is 0 Å². The van der Waals surface area contributed by atoms with E-state index in [2.05, 4.69) is 24.0 Å². The van der Waals surface area contributed by atoms with Crippen LogP contribution in [-0.4, -0.2) is 50.5 Å². The summed E-state index contributed by atoms with van der Waals surface area (Å²) in [5.41, 5.74) is 1.74. The van der Waals surface area contributed by atoms with Crippen molar-refractivity contribution in [3.05, 3.63) is 53.6 Å². The lowest BCUT2D eigenvalue weighted by atomic mass is 9.68. The van der Waals surface area contributed by atoms with Crippen molar-refractivity contribution in [1.82, 2.24) is 0 Å². The molecule has 1 heterocycles. The van der Waals surface area contributed by atoms with Crippen LogP contribution in [0.5, 0.6) is 17.2 Å². The van der Waals surface area contributed by atoms with Gasteiger partial charge >= 0.3 is 0 Å². The van der Waals surface area contributed by atoms with Gasteiger partial charge in [-0.1, -0.05) is 17.9 Å². The van der Waals surface area contributed by atoms with Crippen molar-refractivity contribution in [2.24, 2.45) is 0 Å². The largest absolute Gasteiger partial charge is 0.493 e. The lowest BCUT2D eigenvalue weighted by molar-refractivity contribution is -0.182. The van der Waals surface area contributed by atoms with Crippen LogP contribution >= 0.6 is 0 Å². The first kappa shape index (κ1) is 25.0. The van der Waals surface area contributed by atoms with Crippen molar-refractivity contribution in [3.8, 4) is 29.1 Å². The Labute approximate surface area is 213 Å². The molecule has 1 spiro atoms. The first-order chi connectivity index (χ1) is 17.6. The van der Waals surface area contributed by atoms with Crippen molar-refractivity contribution < 1.29 is 28.8 Å². The SMILES string of the molecule is COc1ccc(C2(C#Cc3ccc(OCCO)cc3)CCC3(CC2)OCCO3)cc1OC1CCCC1. The van der Waals surface area contributed by atoms with Gasteiger partial charge in [-0.25, -0.2) is 0 Å². The summed E-state index contributed by atoms with van der Waals surface area (Å²) in [6.45, 7) is 1.59. The summed E-state index contributed by atoms with van der Waals surface area (Å²) < 4.78 is 29.6. The van der Waals surface area contributed by atoms with Crippen LogP contribution < -0.4 is 14.2 Å². The number of hydrogen-bond donors (Lipinski definition) is 1. The van der Waals surface area contributed by atoms with Gasteiger partial charge in [0.25, 0.3) is 0 Å². The van der Waals surface area contributed by atoms with E-state index in [1.54, 1.807) is 7.11 Å². The zero-order valence-electron chi connectivity index (χ0n) is 21.1. The van der Waals surface area contributed by atoms with Crippen molar-refractivity contribution in [2.75, 3.05) is 33.5 Å². The van der Waals surface area contributed by atoms with E-state index >= 15 is 0 Å². The fraction of sp³-hybridized carbons (Fsp3) is 0.533. The summed E-state index contributed by atoms with van der Waals surface area (Å²) in [6.07, 6.45) is 8.15. The molecule has 3 aliphatic rings. The van der Waals surface area contributed by atoms with E-state index in [4.69, 9.17) is 28.8 Å². The minimum Gasteiger partial charge on any atom is -0.493 e. The lowest BCUT2D eigenvalue weighted by Crippen LogP contribution is -2.41. The predicted octanol–water partition coefficient (Wildman–Crippen LogP) is 4.99. The first-order valence-electron chi connectivity index (χ1n) is 13.1. The smallest absolute Gasteiger partial charge is 0.168 e. The van der Waals surface area contributed by atoms with Crippen LogP contribution in [0, 0.1) is 11.8 Å². The molecule has 2 aromatic carbocycles. The van der Waals surface area contributed by atoms with E-state index in [1.807, 2.05) is 30.3 Å². The fourth-order valence-corrected chi connectivity index (χ4v) is 5.57. The Kier molecular flexibility index (Phi) is 7.71. The quantitative estimate of drug-likeness (QED) is 0.549. The Morgan fingerprint density at radius 3 is 2.33 bits per heavy atom. The third kappa shape index (κ3) is 5.49. The Morgan fingerprint density at radius 1 is 0.944 bits per heavy atom. The van der Waals surface area contributed by atoms with E-state index in [0.29, 0.717) is 13.2 Å². The zero-order valence-corrected chi connectivity index (χ0v) is 21.1. The first-order valence-corrected chi connectivity index (χ1v) is 13.1. The molecular formula is C30H36O6. The van der Waals surface area contributed by atoms with Gasteiger partial charge < -0.3 is 28.8 Å². The van der Waals surface area contributed by atoms with Gasteiger partial charge in [0.15, 0.2) is 17.3 Å². The van der Waals surface area contributed by atoms with Crippen LogP contribution in [0.15, 0.2) is 42.5 Å². The maximum atomic E-state index is 8.97. The second-order valence-electron chi connectivity index (χ2n) is 9.93. The molecule has 1 N–H and O–H groups in total. The molecule has 192 valence electrons. The van der Waals surface area contributed by atoms with Crippen LogP contribution in [0.3, 0.4) is 0 Å². The van der Waals surface area contributed by atoms with Crippen molar-refractivity contribution in [3.63, 3.8) is 0 Å². The number of ether oxygens (including phenoxy) is 5. The third-order valence-corrected chi connectivity index (χ3v) is 7.65. The molecule has 2 aliphatic carbocycles. The summed E-state index contributed by atoms with van der Waals surface area (Å²) in [4.78, 5) is 0. The number of hydrogen-bond acceptors (Lipinski definition) is 6. The molecule has 0 amide bonds. The summed E-state index contributed by atoms with van der Waals surface area (Å²) in [5, 5.41) is 8.97. The average molecular weight is 493 g/mol. The van der Waals surface area contributed by atoms with Crippen molar-refractivity contribution in [2.45, 2.75) is 68.7 Å². The summed E-state index contributed by atoms with van der Waals surface area (Å²) in [5.74, 6) is 8.92. The molecule has 2 saturated carbocycles. The molecule has 6 heteroatoms. The molecule has 0 bridgehead atoms. The van der Waals surface area contributed by atoms with Gasteiger partial charge in [0.1, 0.15) is 12.4 Å². The zero-order chi connectivity index (χ0) is 24.8. The third-order valence-electron chi connectivity index (χ3n) is 7.65. The molecule has 6 nitrogen and oxygen atoms in total. The average Bonchev–Trinajstić information content (AvgIpc) is 3.61. The molecule has 5 rings (SSSR count). The molecule has 0 aromatic heterocycles. The second-order valence-corrected chi connectivity index (χ2v) is 9.93. The maximum Gasteiger partial charge on any atom is 0.168 e. The van der Waals surface area contributed by atoms with Crippen LogP contribution in [0.25, 0.3) is 0 Å². The van der Waals surface area contributed by atoms with Gasteiger partial charge in [-0.3, -0.25) is 0 Å². The fourth-order valence-electron chi connectivity index (χ4n) is 5.57. The van der Waals surface area contributed by atoms with Crippen LogP contribution in [0.4, 0.5) is 0 Å². The highest BCUT2D eigenvalue weighted by Crippen LogP contribution is 2.48. The number of rotatable bonds is 7. The van der Waals surface area contributed by atoms with Gasteiger partial charge in [0, 0.05) is 18.4 Å². The Bertz CT molecular complexity index is 1060. The monoisotopic (exact) mass is 492 g/mol. The van der Waals surface area contributed by atoms with E-state index in [9.17, 15) is 0 Å². The van der Waals surface area contributed by atoms with Crippen LogP contribution in [-0.2, 0) is 14.9 Å². The number of methoxy groups -OCH3 is 1. The molecule has 36 heavy (non-hydrogen) atoms. The molecule has 0 atom stereocenters. The van der Waals surface area contributed by atoms with Gasteiger partial charge in [-0.05, 0) is 80.5 Å². The molecule has 0 radical (unpaired) electrons. The Morgan fingerprint density at radius 2 is 1.67 bits per heavy atom. The number of aliphatic hydroxyl groups is 1. The standard InChI is InChI=1S/C30H36O6/c1-32-27-11-8-24(22-28(27)36-26-4-2-3-5-26)29(14-16-30(17-15-29)34-20-21-35-30)13-12-23-6-9-25(10-7-23)33-19-18-31/h6-11,22,26,31H,2-5,14-21H2,1H3. The van der Waals surface area contributed by atoms with Crippen molar-refractivity contribution in [1.29, 1.82) is 0 Å². The highest BCUT2D eigenvalue weighted by Gasteiger charge is 2.46. The van der Waals surface area contributed by atoms with Crippen LogP contribution in [0.1, 0.15) is 62.5 Å². The molecule has 1 saturated heterocycles. The highest BCUT2D eigenvalue weighted by molar-refractivity contribution is 5.50. The normalized spacial score (nSPS) is 20.6. The summed E-state index contributed by atoms with van der Waals surface area (Å²) >= 11 is 0. The molecular weight excluding hydrogens is 456 g/mol. The summed E-state index contributed by atoms with van der Waals surface area (Å²) in [7, 11) is 1.69. The minimum absolute atomic E-state index is 0.00664. The minimum atomic E-state index is -0.466. The van der Waals surface area contributed by atoms with Gasteiger partial charge in [0.05, 0.1) is 38.4 Å². The van der Waals surface area contributed by atoms with Gasteiger partial charge in [-0.15, -0.1) is 0 Å². The molecule has 1 aliphatic heterocycles. The molecule has 3 fully saturated rings. The predicted molar refractivity (Wildman–Crippen MR) is 137 cm³/mol. The Balaban J connectivity index is 1.45. The molecule has 0 unspecified atom stereocenters.